The van der Waals surface area contributed by atoms with E-state index in [2.05, 4.69) is 15.6 Å². The van der Waals surface area contributed by atoms with Gasteiger partial charge in [-0.2, -0.15) is 13.2 Å². The summed E-state index contributed by atoms with van der Waals surface area (Å²) in [7, 11) is 0. The van der Waals surface area contributed by atoms with Gasteiger partial charge in [0.15, 0.2) is 0 Å². The predicted octanol–water partition coefficient (Wildman–Crippen LogP) is 2.28. The van der Waals surface area contributed by atoms with Crippen molar-refractivity contribution in [2.24, 2.45) is 5.92 Å². The number of halogens is 5. The van der Waals surface area contributed by atoms with E-state index in [1.807, 2.05) is 0 Å². The molecule has 1 aliphatic rings. The molecule has 0 spiro atoms. The Labute approximate surface area is 132 Å². The average molecular weight is 346 g/mol. The summed E-state index contributed by atoms with van der Waals surface area (Å²) in [6.07, 6.45) is -2.77. The van der Waals surface area contributed by atoms with Crippen LogP contribution >= 0.6 is 24.8 Å². The maximum absolute atomic E-state index is 12.3. The third kappa shape index (κ3) is 5.68. The third-order valence-electron chi connectivity index (χ3n) is 3.04. The Kier molecular flexibility index (Phi) is 7.99. The zero-order valence-corrected chi connectivity index (χ0v) is 12.6. The van der Waals surface area contributed by atoms with Crippen molar-refractivity contribution in [3.05, 3.63) is 29.6 Å². The maximum Gasteiger partial charge on any atom is 0.417 e. The summed E-state index contributed by atoms with van der Waals surface area (Å²) in [5.74, 6) is -0.0703. The van der Waals surface area contributed by atoms with Gasteiger partial charge in [-0.05, 0) is 37.6 Å². The van der Waals surface area contributed by atoms with Gasteiger partial charge in [-0.3, -0.25) is 9.78 Å². The Morgan fingerprint density at radius 3 is 2.57 bits per heavy atom. The Morgan fingerprint density at radius 2 is 2.10 bits per heavy atom. The maximum atomic E-state index is 12.3. The first kappa shape index (κ1) is 19.9. The van der Waals surface area contributed by atoms with Crippen LogP contribution in [0.2, 0.25) is 0 Å². The van der Waals surface area contributed by atoms with Crippen LogP contribution < -0.4 is 10.6 Å². The largest absolute Gasteiger partial charge is 0.417 e. The van der Waals surface area contributed by atoms with Gasteiger partial charge in [0.2, 0.25) is 0 Å². The summed E-state index contributed by atoms with van der Waals surface area (Å²) in [6, 6.07) is 1.95. The lowest BCUT2D eigenvalue weighted by atomic mass is 10.1. The molecule has 1 aromatic heterocycles. The Morgan fingerprint density at radius 1 is 1.38 bits per heavy atom. The molecular formula is C12H16Cl2F3N3O. The third-order valence-corrected chi connectivity index (χ3v) is 3.04. The van der Waals surface area contributed by atoms with Crippen molar-refractivity contribution >= 4 is 30.7 Å². The average Bonchev–Trinajstić information content (AvgIpc) is 2.88. The Balaban J connectivity index is 0.00000200. The normalized spacial score (nSPS) is 17.6. The summed E-state index contributed by atoms with van der Waals surface area (Å²) < 4.78 is 37.0. The van der Waals surface area contributed by atoms with Crippen LogP contribution in [-0.4, -0.2) is 30.5 Å². The van der Waals surface area contributed by atoms with Gasteiger partial charge in [0.1, 0.15) is 5.69 Å². The molecule has 1 aliphatic heterocycles. The van der Waals surface area contributed by atoms with Crippen molar-refractivity contribution < 1.29 is 18.0 Å². The molecule has 1 fully saturated rings. The molecular weight excluding hydrogens is 330 g/mol. The van der Waals surface area contributed by atoms with E-state index in [1.54, 1.807) is 0 Å². The molecule has 21 heavy (non-hydrogen) atoms. The van der Waals surface area contributed by atoms with Crippen LogP contribution in [0, 0.1) is 5.92 Å². The number of alkyl halides is 3. The lowest BCUT2D eigenvalue weighted by Gasteiger charge is -2.10. The molecule has 2 heterocycles. The fraction of sp³-hybridized carbons (Fsp3) is 0.500. The van der Waals surface area contributed by atoms with Gasteiger partial charge in [-0.1, -0.05) is 0 Å². The van der Waals surface area contributed by atoms with E-state index in [9.17, 15) is 18.0 Å². The predicted molar refractivity (Wildman–Crippen MR) is 77.0 cm³/mol. The van der Waals surface area contributed by atoms with Crippen molar-refractivity contribution in [1.29, 1.82) is 0 Å². The lowest BCUT2D eigenvalue weighted by Crippen LogP contribution is -2.30. The van der Waals surface area contributed by atoms with Gasteiger partial charge >= 0.3 is 6.18 Å². The molecule has 9 heteroatoms. The van der Waals surface area contributed by atoms with Crippen LogP contribution in [0.1, 0.15) is 22.5 Å². The van der Waals surface area contributed by atoms with E-state index in [0.717, 1.165) is 31.6 Å². The van der Waals surface area contributed by atoms with Gasteiger partial charge in [0, 0.05) is 12.7 Å². The molecule has 0 aliphatic carbocycles. The van der Waals surface area contributed by atoms with Crippen LogP contribution in [0.4, 0.5) is 13.2 Å². The first-order valence-electron chi connectivity index (χ1n) is 5.99. The zero-order valence-electron chi connectivity index (χ0n) is 10.9. The van der Waals surface area contributed by atoms with Gasteiger partial charge < -0.3 is 10.6 Å². The van der Waals surface area contributed by atoms with E-state index in [0.29, 0.717) is 18.7 Å². The van der Waals surface area contributed by atoms with Crippen molar-refractivity contribution in [1.82, 2.24) is 15.6 Å². The van der Waals surface area contributed by atoms with Crippen molar-refractivity contribution in [3.63, 3.8) is 0 Å². The standard InChI is InChI=1S/C12H14F3N3O.2ClH/c13-12(14,15)9-1-2-10(17-7-9)11(19)18-6-8-3-4-16-5-8;;/h1-2,7-8,16H,3-6H2,(H,18,19);2*1H. The molecule has 0 radical (unpaired) electrons. The van der Waals surface area contributed by atoms with E-state index in [4.69, 9.17) is 0 Å². The molecule has 0 bridgehead atoms. The second kappa shape index (κ2) is 8.41. The number of amides is 1. The smallest absolute Gasteiger partial charge is 0.350 e. The Hall–Kier alpha value is -1.05. The van der Waals surface area contributed by atoms with Crippen molar-refractivity contribution in [2.75, 3.05) is 19.6 Å². The minimum absolute atomic E-state index is 0. The van der Waals surface area contributed by atoms with Gasteiger partial charge in [0.25, 0.3) is 5.91 Å². The van der Waals surface area contributed by atoms with Gasteiger partial charge in [-0.25, -0.2) is 0 Å². The monoisotopic (exact) mass is 345 g/mol. The summed E-state index contributed by atoms with van der Waals surface area (Å²) in [6.45, 7) is 2.29. The highest BCUT2D eigenvalue weighted by molar-refractivity contribution is 5.92. The van der Waals surface area contributed by atoms with E-state index < -0.39 is 17.6 Å². The SMILES string of the molecule is Cl.Cl.O=C(NCC1CCNC1)c1ccc(C(F)(F)F)cn1. The second-order valence-electron chi connectivity index (χ2n) is 4.50. The van der Waals surface area contributed by atoms with Crippen molar-refractivity contribution in [2.45, 2.75) is 12.6 Å². The van der Waals surface area contributed by atoms with Gasteiger partial charge in [0.05, 0.1) is 5.56 Å². The second-order valence-corrected chi connectivity index (χ2v) is 4.50. The highest BCUT2D eigenvalue weighted by atomic mass is 35.5. The number of pyridine rings is 1. The molecule has 2 N–H and O–H groups in total. The number of nitrogens with zero attached hydrogens (tertiary/aromatic N) is 1. The first-order valence-corrected chi connectivity index (χ1v) is 5.99. The molecule has 1 amide bonds. The number of carbonyl (C=O) groups is 1. The molecule has 1 aromatic rings. The van der Waals surface area contributed by atoms with Crippen molar-refractivity contribution in [3.8, 4) is 0 Å². The van der Waals surface area contributed by atoms with Crippen LogP contribution in [0.25, 0.3) is 0 Å². The molecule has 1 saturated heterocycles. The highest BCUT2D eigenvalue weighted by Crippen LogP contribution is 2.28. The minimum Gasteiger partial charge on any atom is -0.350 e. The molecule has 4 nitrogen and oxygen atoms in total. The van der Waals surface area contributed by atoms with Gasteiger partial charge in [-0.15, -0.1) is 24.8 Å². The number of carbonyl (C=O) groups excluding carboxylic acids is 1. The van der Waals surface area contributed by atoms with E-state index in [1.165, 1.54) is 0 Å². The number of hydrogen-bond acceptors (Lipinski definition) is 3. The fourth-order valence-electron chi connectivity index (χ4n) is 1.91. The molecule has 0 saturated carbocycles. The molecule has 1 atom stereocenters. The van der Waals surface area contributed by atoms with E-state index in [-0.39, 0.29) is 30.5 Å². The van der Waals surface area contributed by atoms with Crippen LogP contribution in [0.15, 0.2) is 18.3 Å². The summed E-state index contributed by atoms with van der Waals surface area (Å²) in [5, 5.41) is 5.84. The fourth-order valence-corrected chi connectivity index (χ4v) is 1.91. The number of hydrogen-bond donors (Lipinski definition) is 2. The summed E-state index contributed by atoms with van der Waals surface area (Å²) >= 11 is 0. The zero-order chi connectivity index (χ0) is 13.9. The molecule has 2 rings (SSSR count). The summed E-state index contributed by atoms with van der Waals surface area (Å²) in [5.41, 5.74) is -0.858. The van der Waals surface area contributed by atoms with Crippen LogP contribution in [0.5, 0.6) is 0 Å². The number of rotatable bonds is 3. The molecule has 120 valence electrons. The molecule has 1 unspecified atom stereocenters. The number of aromatic nitrogens is 1. The number of nitrogens with one attached hydrogen (secondary N) is 2. The van der Waals surface area contributed by atoms with Crippen LogP contribution in [-0.2, 0) is 6.18 Å². The summed E-state index contributed by atoms with van der Waals surface area (Å²) in [4.78, 5) is 15.2. The first-order chi connectivity index (χ1) is 8.97. The van der Waals surface area contributed by atoms with Crippen LogP contribution in [0.3, 0.4) is 0 Å². The lowest BCUT2D eigenvalue weighted by molar-refractivity contribution is -0.137. The van der Waals surface area contributed by atoms with E-state index >= 15 is 0 Å². The topological polar surface area (TPSA) is 54.0 Å². The minimum atomic E-state index is -4.43. The Bertz CT molecular complexity index is 448. The quantitative estimate of drug-likeness (QED) is 0.883. The highest BCUT2D eigenvalue weighted by Gasteiger charge is 2.30. The molecule has 0 aromatic carbocycles.